The quantitative estimate of drug-likeness (QED) is 0.747. The van der Waals surface area contributed by atoms with E-state index in [9.17, 15) is 4.79 Å². The van der Waals surface area contributed by atoms with Gasteiger partial charge in [-0.3, -0.25) is 9.69 Å². The maximum absolute atomic E-state index is 12.1. The first-order valence-electron chi connectivity index (χ1n) is 8.50. The van der Waals surface area contributed by atoms with E-state index in [1.54, 1.807) is 12.1 Å². The van der Waals surface area contributed by atoms with Gasteiger partial charge in [-0.1, -0.05) is 0 Å². The molecule has 128 valence electrons. The summed E-state index contributed by atoms with van der Waals surface area (Å²) in [5.74, 6) is 0.773. The number of ether oxygens (including phenoxy) is 2. The average molecular weight is 320 g/mol. The van der Waals surface area contributed by atoms with Crippen LogP contribution in [0.4, 0.5) is 0 Å². The van der Waals surface area contributed by atoms with Crippen LogP contribution in [-0.2, 0) is 4.74 Å². The first kappa shape index (κ1) is 17.8. The van der Waals surface area contributed by atoms with E-state index in [0.29, 0.717) is 12.1 Å². The predicted octanol–water partition coefficient (Wildman–Crippen LogP) is 2.32. The van der Waals surface area contributed by atoms with Gasteiger partial charge < -0.3 is 14.8 Å². The van der Waals surface area contributed by atoms with Gasteiger partial charge in [-0.15, -0.1) is 0 Å². The number of rotatable bonds is 8. The molecule has 1 N–H and O–H groups in total. The Hall–Kier alpha value is -1.59. The highest BCUT2D eigenvalue weighted by molar-refractivity contribution is 5.94. The van der Waals surface area contributed by atoms with E-state index in [1.807, 2.05) is 26.0 Å². The number of hydrogen-bond acceptors (Lipinski definition) is 4. The van der Waals surface area contributed by atoms with Crippen LogP contribution in [0.15, 0.2) is 24.3 Å². The normalized spacial score (nSPS) is 15.6. The molecule has 2 rings (SSSR count). The third-order valence-electron chi connectivity index (χ3n) is 3.78. The smallest absolute Gasteiger partial charge is 0.251 e. The van der Waals surface area contributed by atoms with Gasteiger partial charge in [0.25, 0.3) is 5.91 Å². The second-order valence-electron chi connectivity index (χ2n) is 6.11. The molecule has 23 heavy (non-hydrogen) atoms. The van der Waals surface area contributed by atoms with Gasteiger partial charge in [0.15, 0.2) is 0 Å². The molecular weight excluding hydrogens is 292 g/mol. The zero-order chi connectivity index (χ0) is 16.5. The molecule has 1 saturated heterocycles. The lowest BCUT2D eigenvalue weighted by molar-refractivity contribution is 0.0372. The highest BCUT2D eigenvalue weighted by atomic mass is 16.5. The van der Waals surface area contributed by atoms with Crippen LogP contribution in [0, 0.1) is 0 Å². The number of morpholine rings is 1. The van der Waals surface area contributed by atoms with E-state index in [1.165, 1.54) is 0 Å². The zero-order valence-electron chi connectivity index (χ0n) is 14.2. The Labute approximate surface area is 139 Å². The van der Waals surface area contributed by atoms with Gasteiger partial charge in [-0.2, -0.15) is 0 Å². The third kappa shape index (κ3) is 6.59. The summed E-state index contributed by atoms with van der Waals surface area (Å²) < 4.78 is 10.9. The molecule has 0 spiro atoms. The van der Waals surface area contributed by atoms with Crippen LogP contribution in [0.25, 0.3) is 0 Å². The molecule has 5 heteroatoms. The maximum atomic E-state index is 12.1. The van der Waals surface area contributed by atoms with Crippen LogP contribution in [-0.4, -0.2) is 56.3 Å². The van der Waals surface area contributed by atoms with Crippen molar-refractivity contribution in [3.8, 4) is 5.75 Å². The number of nitrogens with one attached hydrogen (secondary N) is 1. The van der Waals surface area contributed by atoms with E-state index >= 15 is 0 Å². The van der Waals surface area contributed by atoms with Gasteiger partial charge in [-0.25, -0.2) is 0 Å². The largest absolute Gasteiger partial charge is 0.491 e. The number of unbranched alkanes of at least 4 members (excludes halogenated alkanes) is 1. The first-order valence-corrected chi connectivity index (χ1v) is 8.50. The lowest BCUT2D eigenvalue weighted by Gasteiger charge is -2.26. The Kier molecular flexibility index (Phi) is 7.36. The van der Waals surface area contributed by atoms with E-state index in [-0.39, 0.29) is 12.0 Å². The Balaban J connectivity index is 1.62. The van der Waals surface area contributed by atoms with E-state index in [2.05, 4.69) is 10.2 Å². The fourth-order valence-corrected chi connectivity index (χ4v) is 2.55. The van der Waals surface area contributed by atoms with Gasteiger partial charge in [0, 0.05) is 25.2 Å². The number of benzene rings is 1. The summed E-state index contributed by atoms with van der Waals surface area (Å²) >= 11 is 0. The fraction of sp³-hybridized carbons (Fsp3) is 0.611. The highest BCUT2D eigenvalue weighted by Crippen LogP contribution is 2.13. The van der Waals surface area contributed by atoms with Crippen molar-refractivity contribution < 1.29 is 14.3 Å². The Bertz CT molecular complexity index is 468. The lowest BCUT2D eigenvalue weighted by atomic mass is 10.2. The maximum Gasteiger partial charge on any atom is 0.251 e. The van der Waals surface area contributed by atoms with Gasteiger partial charge in [0.2, 0.25) is 0 Å². The van der Waals surface area contributed by atoms with Crippen LogP contribution in [0.5, 0.6) is 5.75 Å². The number of carbonyl (C=O) groups is 1. The van der Waals surface area contributed by atoms with E-state index < -0.39 is 0 Å². The van der Waals surface area contributed by atoms with Crippen molar-refractivity contribution in [2.24, 2.45) is 0 Å². The van der Waals surface area contributed by atoms with Crippen molar-refractivity contribution in [2.45, 2.75) is 32.8 Å². The molecule has 0 aliphatic carbocycles. The molecule has 1 aromatic carbocycles. The molecule has 0 radical (unpaired) electrons. The summed E-state index contributed by atoms with van der Waals surface area (Å²) in [6.45, 7) is 9.50. The number of carbonyl (C=O) groups excluding carboxylic acids is 1. The molecule has 0 aromatic heterocycles. The van der Waals surface area contributed by atoms with Crippen molar-refractivity contribution in [3.05, 3.63) is 29.8 Å². The summed E-state index contributed by atoms with van der Waals surface area (Å²) in [6, 6.07) is 7.29. The minimum absolute atomic E-state index is 0.0209. The zero-order valence-corrected chi connectivity index (χ0v) is 14.2. The monoisotopic (exact) mass is 320 g/mol. The Morgan fingerprint density at radius 3 is 2.57 bits per heavy atom. The third-order valence-corrected chi connectivity index (χ3v) is 3.78. The minimum atomic E-state index is -0.0209. The minimum Gasteiger partial charge on any atom is -0.491 e. The van der Waals surface area contributed by atoms with Crippen LogP contribution >= 0.6 is 0 Å². The molecular formula is C18H28N2O3. The molecule has 0 saturated carbocycles. The summed E-state index contributed by atoms with van der Waals surface area (Å²) in [7, 11) is 0. The molecule has 1 fully saturated rings. The Morgan fingerprint density at radius 1 is 1.22 bits per heavy atom. The molecule has 1 heterocycles. The van der Waals surface area contributed by atoms with E-state index in [0.717, 1.165) is 51.4 Å². The van der Waals surface area contributed by atoms with Crippen molar-refractivity contribution in [1.29, 1.82) is 0 Å². The molecule has 0 bridgehead atoms. The van der Waals surface area contributed by atoms with Gasteiger partial charge >= 0.3 is 0 Å². The molecule has 1 aromatic rings. The second-order valence-corrected chi connectivity index (χ2v) is 6.11. The molecule has 5 nitrogen and oxygen atoms in total. The fourth-order valence-electron chi connectivity index (χ4n) is 2.55. The van der Waals surface area contributed by atoms with Crippen LogP contribution in [0.2, 0.25) is 0 Å². The summed E-state index contributed by atoms with van der Waals surface area (Å²) in [5.41, 5.74) is 0.675. The average Bonchev–Trinajstić information content (AvgIpc) is 2.55. The summed E-state index contributed by atoms with van der Waals surface area (Å²) in [6.07, 6.45) is 2.24. The van der Waals surface area contributed by atoms with Crippen LogP contribution in [0.3, 0.4) is 0 Å². The second kappa shape index (κ2) is 9.53. The van der Waals surface area contributed by atoms with Gasteiger partial charge in [-0.05, 0) is 57.5 Å². The van der Waals surface area contributed by atoms with Gasteiger partial charge in [0.05, 0.1) is 19.3 Å². The number of hydrogen-bond donors (Lipinski definition) is 1. The lowest BCUT2D eigenvalue weighted by Crippen LogP contribution is -2.37. The Morgan fingerprint density at radius 2 is 1.91 bits per heavy atom. The van der Waals surface area contributed by atoms with Crippen LogP contribution in [0.1, 0.15) is 37.0 Å². The van der Waals surface area contributed by atoms with Crippen molar-refractivity contribution in [1.82, 2.24) is 10.2 Å². The SMILES string of the molecule is CC(C)Oc1ccc(C(=O)NCCCCN2CCOCC2)cc1. The molecule has 1 amide bonds. The van der Waals surface area contributed by atoms with Crippen molar-refractivity contribution >= 4 is 5.91 Å². The number of nitrogens with zero attached hydrogens (tertiary/aromatic N) is 1. The van der Waals surface area contributed by atoms with Gasteiger partial charge in [0.1, 0.15) is 5.75 Å². The topological polar surface area (TPSA) is 50.8 Å². The first-order chi connectivity index (χ1) is 11.1. The standard InChI is InChI=1S/C18H28N2O3/c1-15(2)23-17-7-5-16(6-8-17)18(21)19-9-3-4-10-20-11-13-22-14-12-20/h5-8,15H,3-4,9-14H2,1-2H3,(H,19,21). The summed E-state index contributed by atoms with van der Waals surface area (Å²) in [4.78, 5) is 14.5. The summed E-state index contributed by atoms with van der Waals surface area (Å²) in [5, 5.41) is 2.97. The van der Waals surface area contributed by atoms with Crippen molar-refractivity contribution in [3.63, 3.8) is 0 Å². The predicted molar refractivity (Wildman–Crippen MR) is 91.0 cm³/mol. The van der Waals surface area contributed by atoms with E-state index in [4.69, 9.17) is 9.47 Å². The molecule has 1 aliphatic heterocycles. The molecule has 1 aliphatic rings. The number of amides is 1. The van der Waals surface area contributed by atoms with Crippen molar-refractivity contribution in [2.75, 3.05) is 39.4 Å². The highest BCUT2D eigenvalue weighted by Gasteiger charge is 2.09. The molecule has 0 unspecified atom stereocenters. The van der Waals surface area contributed by atoms with Crippen LogP contribution < -0.4 is 10.1 Å². The molecule has 0 atom stereocenters.